The fourth-order valence-electron chi connectivity index (χ4n) is 1.95. The summed E-state index contributed by atoms with van der Waals surface area (Å²) in [5, 5.41) is 13.0. The third kappa shape index (κ3) is 4.53. The first kappa shape index (κ1) is 13.8. The Bertz CT molecular complexity index is 566. The fraction of sp³-hybridized carbons (Fsp3) is 0.250. The van der Waals surface area contributed by atoms with Gasteiger partial charge in [0.1, 0.15) is 6.61 Å². The number of hydrogen-bond donors (Lipinski definition) is 1. The molecule has 0 unspecified atom stereocenters. The van der Waals surface area contributed by atoms with E-state index in [1.807, 2.05) is 12.1 Å². The summed E-state index contributed by atoms with van der Waals surface area (Å²) in [6.45, 7) is 1.75. The van der Waals surface area contributed by atoms with E-state index in [4.69, 9.17) is 5.11 Å². The molecule has 0 spiro atoms. The van der Waals surface area contributed by atoms with E-state index >= 15 is 0 Å². The molecular weight excluding hydrogens is 254 g/mol. The number of nitrogens with zero attached hydrogens (tertiary/aromatic N) is 1. The molecule has 2 rings (SSSR count). The molecule has 1 aromatic heterocycles. The second kappa shape index (κ2) is 7.10. The number of aliphatic hydroxyl groups is 1. The molecule has 0 fully saturated rings. The van der Waals surface area contributed by atoms with E-state index in [2.05, 4.69) is 52.7 Å². The molecule has 1 heterocycles. The number of rotatable bonds is 4. The highest BCUT2D eigenvalue weighted by Gasteiger charge is 2.02. The minimum Gasteiger partial charge on any atom is -0.384 e. The van der Waals surface area contributed by atoms with Gasteiger partial charge in [0.05, 0.1) is 0 Å². The minimum atomic E-state index is -0.0950. The highest BCUT2D eigenvalue weighted by atomic mass is 32.1. The van der Waals surface area contributed by atoms with Crippen LogP contribution >= 0.6 is 11.3 Å². The maximum atomic E-state index is 8.71. The molecule has 3 heteroatoms. The second-order valence-corrected chi connectivity index (χ2v) is 5.24. The summed E-state index contributed by atoms with van der Waals surface area (Å²) in [6, 6.07) is 10.3. The molecule has 2 aromatic rings. The summed E-state index contributed by atoms with van der Waals surface area (Å²) >= 11 is 1.73. The molecule has 2 nitrogen and oxygen atoms in total. The molecule has 98 valence electrons. The first-order chi connectivity index (χ1) is 9.28. The Morgan fingerprint density at radius 2 is 2.05 bits per heavy atom. The Morgan fingerprint density at radius 3 is 2.79 bits per heavy atom. The van der Waals surface area contributed by atoms with Crippen LogP contribution in [0.25, 0.3) is 0 Å². The predicted molar refractivity (Wildman–Crippen MR) is 79.9 cm³/mol. The zero-order valence-electron chi connectivity index (χ0n) is 11.0. The van der Waals surface area contributed by atoms with Crippen molar-refractivity contribution in [1.82, 2.24) is 4.90 Å². The van der Waals surface area contributed by atoms with Crippen LogP contribution in [0.2, 0.25) is 0 Å². The summed E-state index contributed by atoms with van der Waals surface area (Å²) in [4.78, 5) is 2.28. The average molecular weight is 271 g/mol. The monoisotopic (exact) mass is 271 g/mol. The summed E-state index contributed by atoms with van der Waals surface area (Å²) in [6.07, 6.45) is 0. The molecule has 0 aliphatic heterocycles. The van der Waals surface area contributed by atoms with E-state index in [1.165, 1.54) is 11.1 Å². The van der Waals surface area contributed by atoms with Gasteiger partial charge in [0, 0.05) is 18.7 Å². The molecular formula is C16H17NOS. The topological polar surface area (TPSA) is 23.5 Å². The highest BCUT2D eigenvalue weighted by Crippen LogP contribution is 2.12. The van der Waals surface area contributed by atoms with E-state index in [-0.39, 0.29) is 6.61 Å². The lowest BCUT2D eigenvalue weighted by Crippen LogP contribution is -2.16. The lowest BCUT2D eigenvalue weighted by Gasteiger charge is -2.16. The van der Waals surface area contributed by atoms with E-state index < -0.39 is 0 Å². The Labute approximate surface area is 118 Å². The fourth-order valence-corrected chi connectivity index (χ4v) is 2.61. The largest absolute Gasteiger partial charge is 0.384 e. The Kier molecular flexibility index (Phi) is 5.17. The highest BCUT2D eigenvalue weighted by molar-refractivity contribution is 7.07. The van der Waals surface area contributed by atoms with Gasteiger partial charge in [0.25, 0.3) is 0 Å². The first-order valence-corrected chi connectivity index (χ1v) is 7.10. The van der Waals surface area contributed by atoms with Crippen LogP contribution in [0.5, 0.6) is 0 Å². The molecule has 0 saturated carbocycles. The smallest absolute Gasteiger partial charge is 0.104 e. The molecule has 0 radical (unpaired) electrons. The second-order valence-electron chi connectivity index (χ2n) is 4.46. The molecule has 0 amide bonds. The molecule has 0 aliphatic rings. The summed E-state index contributed by atoms with van der Waals surface area (Å²) in [7, 11) is 2.11. The Morgan fingerprint density at radius 1 is 1.21 bits per heavy atom. The van der Waals surface area contributed by atoms with Crippen LogP contribution in [-0.2, 0) is 13.1 Å². The molecule has 1 aromatic carbocycles. The van der Waals surface area contributed by atoms with Crippen molar-refractivity contribution in [2.24, 2.45) is 0 Å². The van der Waals surface area contributed by atoms with Crippen molar-refractivity contribution in [3.05, 3.63) is 57.8 Å². The van der Waals surface area contributed by atoms with Gasteiger partial charge in [-0.25, -0.2) is 0 Å². The van der Waals surface area contributed by atoms with Gasteiger partial charge in [0.2, 0.25) is 0 Å². The van der Waals surface area contributed by atoms with Crippen molar-refractivity contribution in [3.63, 3.8) is 0 Å². The number of hydrogen-bond acceptors (Lipinski definition) is 3. The summed E-state index contributed by atoms with van der Waals surface area (Å²) < 4.78 is 0. The maximum Gasteiger partial charge on any atom is 0.104 e. The SMILES string of the molecule is CN(Cc1ccsc1)Cc1cccc(C#CCO)c1. The molecule has 0 saturated heterocycles. The quantitative estimate of drug-likeness (QED) is 0.864. The van der Waals surface area contributed by atoms with Crippen LogP contribution in [0.15, 0.2) is 41.1 Å². The minimum absolute atomic E-state index is 0.0950. The third-order valence-corrected chi connectivity index (χ3v) is 3.46. The number of thiophene rings is 1. The van der Waals surface area contributed by atoms with Crippen molar-refractivity contribution in [3.8, 4) is 11.8 Å². The van der Waals surface area contributed by atoms with Crippen molar-refractivity contribution >= 4 is 11.3 Å². The van der Waals surface area contributed by atoms with E-state index in [1.54, 1.807) is 11.3 Å². The van der Waals surface area contributed by atoms with Crippen LogP contribution in [0.4, 0.5) is 0 Å². The van der Waals surface area contributed by atoms with Crippen molar-refractivity contribution in [2.75, 3.05) is 13.7 Å². The van der Waals surface area contributed by atoms with Gasteiger partial charge >= 0.3 is 0 Å². The Balaban J connectivity index is 1.98. The van der Waals surface area contributed by atoms with E-state index in [0.717, 1.165) is 18.7 Å². The molecule has 0 aliphatic carbocycles. The van der Waals surface area contributed by atoms with Gasteiger partial charge in [0.15, 0.2) is 0 Å². The zero-order chi connectivity index (χ0) is 13.5. The normalized spacial score (nSPS) is 10.3. The number of aliphatic hydroxyl groups excluding tert-OH is 1. The molecule has 1 N–H and O–H groups in total. The average Bonchev–Trinajstić information content (AvgIpc) is 2.89. The van der Waals surface area contributed by atoms with Gasteiger partial charge < -0.3 is 5.11 Å². The van der Waals surface area contributed by atoms with Crippen LogP contribution < -0.4 is 0 Å². The van der Waals surface area contributed by atoms with Gasteiger partial charge in [-0.05, 0) is 47.1 Å². The summed E-state index contributed by atoms with van der Waals surface area (Å²) in [5.41, 5.74) is 3.54. The van der Waals surface area contributed by atoms with E-state index in [9.17, 15) is 0 Å². The van der Waals surface area contributed by atoms with Gasteiger partial charge in [-0.1, -0.05) is 24.0 Å². The van der Waals surface area contributed by atoms with Crippen molar-refractivity contribution < 1.29 is 5.11 Å². The van der Waals surface area contributed by atoms with Crippen LogP contribution in [0, 0.1) is 11.8 Å². The van der Waals surface area contributed by atoms with Gasteiger partial charge in [-0.15, -0.1) is 0 Å². The van der Waals surface area contributed by atoms with Gasteiger partial charge in [-0.2, -0.15) is 11.3 Å². The first-order valence-electron chi connectivity index (χ1n) is 6.16. The third-order valence-electron chi connectivity index (χ3n) is 2.72. The lowest BCUT2D eigenvalue weighted by molar-refractivity contribution is 0.319. The molecule has 0 atom stereocenters. The van der Waals surface area contributed by atoms with Gasteiger partial charge in [-0.3, -0.25) is 4.90 Å². The summed E-state index contributed by atoms with van der Waals surface area (Å²) in [5.74, 6) is 5.61. The van der Waals surface area contributed by atoms with Crippen LogP contribution in [-0.4, -0.2) is 23.7 Å². The lowest BCUT2D eigenvalue weighted by atomic mass is 10.1. The number of benzene rings is 1. The van der Waals surface area contributed by atoms with Crippen LogP contribution in [0.1, 0.15) is 16.7 Å². The van der Waals surface area contributed by atoms with Crippen molar-refractivity contribution in [2.45, 2.75) is 13.1 Å². The molecule has 19 heavy (non-hydrogen) atoms. The standard InChI is InChI=1S/C16H17NOS/c1-17(12-16-7-9-19-13-16)11-15-5-2-4-14(10-15)6-3-8-18/h2,4-5,7,9-10,13,18H,8,11-12H2,1H3. The molecule has 0 bridgehead atoms. The Hall–Kier alpha value is -1.60. The van der Waals surface area contributed by atoms with E-state index in [0.29, 0.717) is 0 Å². The van der Waals surface area contributed by atoms with Crippen LogP contribution in [0.3, 0.4) is 0 Å². The van der Waals surface area contributed by atoms with Crippen molar-refractivity contribution in [1.29, 1.82) is 0 Å². The predicted octanol–water partition coefficient (Wildman–Crippen LogP) is 2.72. The maximum absolute atomic E-state index is 8.71. The zero-order valence-corrected chi connectivity index (χ0v) is 11.8.